The fourth-order valence-electron chi connectivity index (χ4n) is 1.27. The van der Waals surface area contributed by atoms with Gasteiger partial charge in [0.1, 0.15) is 5.75 Å². The molecule has 0 radical (unpaired) electrons. The first kappa shape index (κ1) is 12.4. The van der Waals surface area contributed by atoms with Crippen molar-refractivity contribution >= 4 is 5.69 Å². The van der Waals surface area contributed by atoms with E-state index in [0.717, 1.165) is 0 Å². The van der Waals surface area contributed by atoms with E-state index in [-0.39, 0.29) is 5.69 Å². The molecule has 0 amide bonds. The first-order valence-electron chi connectivity index (χ1n) is 5.06. The maximum Gasteiger partial charge on any atom is 0.272 e. The summed E-state index contributed by atoms with van der Waals surface area (Å²) in [7, 11) is 0. The number of hydrogen-bond donors (Lipinski definition) is 1. The van der Waals surface area contributed by atoms with Crippen LogP contribution in [0.15, 0.2) is 18.2 Å². The molecule has 0 saturated carbocycles. The Bertz CT molecular complexity index is 376. The van der Waals surface area contributed by atoms with Crippen molar-refractivity contribution in [1.82, 2.24) is 0 Å². The summed E-state index contributed by atoms with van der Waals surface area (Å²) < 4.78 is 5.35. The molecule has 0 aliphatic carbocycles. The molecule has 1 atom stereocenters. The average molecular weight is 225 g/mol. The molecule has 0 aliphatic heterocycles. The Kier molecular flexibility index (Phi) is 4.25. The minimum Gasteiger partial charge on any atom is -0.493 e. The number of ether oxygens (including phenoxy) is 1. The molecule has 0 heterocycles. The Balaban J connectivity index is 2.63. The van der Waals surface area contributed by atoms with Crippen LogP contribution in [-0.2, 0) is 0 Å². The summed E-state index contributed by atoms with van der Waals surface area (Å²) in [5, 5.41) is 19.6. The summed E-state index contributed by atoms with van der Waals surface area (Å²) in [6.45, 7) is 3.75. The van der Waals surface area contributed by atoms with E-state index >= 15 is 0 Å². The lowest BCUT2D eigenvalue weighted by molar-refractivity contribution is -0.385. The van der Waals surface area contributed by atoms with Crippen molar-refractivity contribution in [1.29, 1.82) is 0 Å². The fourth-order valence-corrected chi connectivity index (χ4v) is 1.27. The minimum atomic E-state index is -0.422. The largest absolute Gasteiger partial charge is 0.493 e. The van der Waals surface area contributed by atoms with Crippen LogP contribution in [0.4, 0.5) is 5.69 Å². The zero-order valence-corrected chi connectivity index (χ0v) is 9.34. The molecule has 0 bridgehead atoms. The molecular weight excluding hydrogens is 210 g/mol. The maximum absolute atomic E-state index is 10.6. The first-order chi connectivity index (χ1) is 7.50. The van der Waals surface area contributed by atoms with Gasteiger partial charge >= 0.3 is 0 Å². The van der Waals surface area contributed by atoms with E-state index in [9.17, 15) is 10.1 Å². The number of hydrogen-bond acceptors (Lipinski definition) is 4. The van der Waals surface area contributed by atoms with Crippen molar-refractivity contribution in [2.24, 2.45) is 0 Å². The van der Waals surface area contributed by atoms with Gasteiger partial charge in [-0.2, -0.15) is 0 Å². The molecule has 0 fully saturated rings. The van der Waals surface area contributed by atoms with Crippen LogP contribution in [0.1, 0.15) is 18.9 Å². The molecule has 0 aliphatic rings. The summed E-state index contributed by atoms with van der Waals surface area (Å²) in [6, 6.07) is 4.61. The predicted octanol–water partition coefficient (Wildman–Crippen LogP) is 2.05. The van der Waals surface area contributed by atoms with Crippen LogP contribution in [0.3, 0.4) is 0 Å². The van der Waals surface area contributed by atoms with Crippen LogP contribution in [0, 0.1) is 17.0 Å². The number of nitro benzene ring substituents is 1. The van der Waals surface area contributed by atoms with Gasteiger partial charge in [0.2, 0.25) is 0 Å². The second-order valence-electron chi connectivity index (χ2n) is 3.69. The predicted molar refractivity (Wildman–Crippen MR) is 59.6 cm³/mol. The van der Waals surface area contributed by atoms with Crippen molar-refractivity contribution in [2.75, 3.05) is 6.61 Å². The number of rotatable bonds is 5. The zero-order chi connectivity index (χ0) is 12.1. The summed E-state index contributed by atoms with van der Waals surface area (Å²) >= 11 is 0. The van der Waals surface area contributed by atoms with Crippen molar-refractivity contribution in [3.63, 3.8) is 0 Å². The lowest BCUT2D eigenvalue weighted by atomic mass is 10.2. The van der Waals surface area contributed by atoms with Gasteiger partial charge in [-0.25, -0.2) is 0 Å². The van der Waals surface area contributed by atoms with Crippen molar-refractivity contribution in [3.8, 4) is 5.75 Å². The van der Waals surface area contributed by atoms with Crippen LogP contribution in [0.25, 0.3) is 0 Å². The molecule has 1 unspecified atom stereocenters. The Labute approximate surface area is 93.8 Å². The average Bonchev–Trinajstić information content (AvgIpc) is 2.16. The van der Waals surface area contributed by atoms with E-state index in [2.05, 4.69) is 0 Å². The van der Waals surface area contributed by atoms with E-state index in [1.807, 2.05) is 0 Å². The van der Waals surface area contributed by atoms with Crippen molar-refractivity contribution in [2.45, 2.75) is 26.4 Å². The molecule has 1 rings (SSSR count). The summed E-state index contributed by atoms with van der Waals surface area (Å²) in [4.78, 5) is 10.1. The van der Waals surface area contributed by atoms with Gasteiger partial charge in [-0.15, -0.1) is 0 Å². The summed E-state index contributed by atoms with van der Waals surface area (Å²) in [6.07, 6.45) is 0.134. The molecule has 16 heavy (non-hydrogen) atoms. The lowest BCUT2D eigenvalue weighted by Crippen LogP contribution is -2.07. The SMILES string of the molecule is Cc1cc(OCCC(C)O)ccc1[N+](=O)[O-]. The van der Waals surface area contributed by atoms with E-state index < -0.39 is 11.0 Å². The van der Waals surface area contributed by atoms with E-state index in [4.69, 9.17) is 9.84 Å². The normalized spacial score (nSPS) is 12.2. The molecule has 0 aromatic heterocycles. The van der Waals surface area contributed by atoms with Gasteiger partial charge in [-0.3, -0.25) is 10.1 Å². The highest BCUT2D eigenvalue weighted by atomic mass is 16.6. The van der Waals surface area contributed by atoms with Gasteiger partial charge in [0, 0.05) is 18.1 Å². The number of benzene rings is 1. The first-order valence-corrected chi connectivity index (χ1v) is 5.06. The second-order valence-corrected chi connectivity index (χ2v) is 3.69. The second kappa shape index (κ2) is 5.46. The Hall–Kier alpha value is -1.62. The number of aliphatic hydroxyl groups is 1. The molecule has 0 saturated heterocycles. The molecule has 5 nitrogen and oxygen atoms in total. The maximum atomic E-state index is 10.6. The van der Waals surface area contributed by atoms with E-state index in [1.165, 1.54) is 6.07 Å². The zero-order valence-electron chi connectivity index (χ0n) is 9.34. The molecule has 1 aromatic carbocycles. The minimum absolute atomic E-state index is 0.0860. The molecule has 5 heteroatoms. The van der Waals surface area contributed by atoms with Crippen molar-refractivity contribution < 1.29 is 14.8 Å². The summed E-state index contributed by atoms with van der Waals surface area (Å²) in [5.41, 5.74) is 0.655. The van der Waals surface area contributed by atoms with Crippen molar-refractivity contribution in [3.05, 3.63) is 33.9 Å². The topological polar surface area (TPSA) is 72.6 Å². The van der Waals surface area contributed by atoms with Gasteiger partial charge in [0.15, 0.2) is 0 Å². The number of nitro groups is 1. The lowest BCUT2D eigenvalue weighted by Gasteiger charge is -2.08. The standard InChI is InChI=1S/C11H15NO4/c1-8-7-10(16-6-5-9(2)13)3-4-11(8)12(14)15/h3-4,7,9,13H,5-6H2,1-2H3. The Morgan fingerprint density at radius 2 is 2.25 bits per heavy atom. The fraction of sp³-hybridized carbons (Fsp3) is 0.455. The van der Waals surface area contributed by atoms with E-state index in [1.54, 1.807) is 26.0 Å². The molecule has 1 aromatic rings. The van der Waals surface area contributed by atoms with Crippen LogP contribution in [-0.4, -0.2) is 22.7 Å². The van der Waals surface area contributed by atoms with Crippen LogP contribution in [0.5, 0.6) is 5.75 Å². The molecular formula is C11H15NO4. The Morgan fingerprint density at radius 3 is 2.75 bits per heavy atom. The highest BCUT2D eigenvalue weighted by Gasteiger charge is 2.10. The molecule has 0 spiro atoms. The number of aryl methyl sites for hydroxylation is 1. The molecule has 1 N–H and O–H groups in total. The third-order valence-electron chi connectivity index (χ3n) is 2.17. The smallest absolute Gasteiger partial charge is 0.272 e. The van der Waals surface area contributed by atoms with Gasteiger partial charge in [0.05, 0.1) is 17.6 Å². The van der Waals surface area contributed by atoms with Gasteiger partial charge < -0.3 is 9.84 Å². The van der Waals surface area contributed by atoms with Gasteiger partial charge in [0.25, 0.3) is 5.69 Å². The van der Waals surface area contributed by atoms with Crippen LogP contribution in [0.2, 0.25) is 0 Å². The molecule has 88 valence electrons. The van der Waals surface area contributed by atoms with E-state index in [0.29, 0.717) is 24.3 Å². The van der Waals surface area contributed by atoms with Crippen LogP contribution >= 0.6 is 0 Å². The highest BCUT2D eigenvalue weighted by Crippen LogP contribution is 2.23. The third-order valence-corrected chi connectivity index (χ3v) is 2.17. The van der Waals surface area contributed by atoms with Gasteiger partial charge in [-0.1, -0.05) is 0 Å². The van der Waals surface area contributed by atoms with Crippen LogP contribution < -0.4 is 4.74 Å². The Morgan fingerprint density at radius 1 is 1.56 bits per heavy atom. The summed E-state index contributed by atoms with van der Waals surface area (Å²) in [5.74, 6) is 0.587. The third kappa shape index (κ3) is 3.51. The van der Waals surface area contributed by atoms with Gasteiger partial charge in [-0.05, 0) is 26.0 Å². The quantitative estimate of drug-likeness (QED) is 0.614. The highest BCUT2D eigenvalue weighted by molar-refractivity contribution is 5.44. The number of aliphatic hydroxyl groups excluding tert-OH is 1. The monoisotopic (exact) mass is 225 g/mol. The number of nitrogens with zero attached hydrogens (tertiary/aromatic N) is 1.